The van der Waals surface area contributed by atoms with E-state index in [4.69, 9.17) is 0 Å². The Labute approximate surface area is 80.0 Å². The van der Waals surface area contributed by atoms with E-state index in [2.05, 4.69) is 55.6 Å². The van der Waals surface area contributed by atoms with Gasteiger partial charge in [0.1, 0.15) is 0 Å². The number of aryl methyl sites for hydroxylation is 1. The molecule has 0 saturated heterocycles. The molecule has 0 atom stereocenters. The van der Waals surface area contributed by atoms with Gasteiger partial charge in [-0.1, -0.05) is 12.7 Å². The Morgan fingerprint density at radius 1 is 1.46 bits per heavy atom. The molecular weight excluding hydrogens is 158 g/mol. The second-order valence-corrected chi connectivity index (χ2v) is 3.22. The molecule has 0 unspecified atom stereocenters. The normalized spacial score (nSPS) is 11.4. The first-order chi connectivity index (χ1) is 6.22. The molecule has 0 amide bonds. The SMILES string of the molecule is C=C/C(C)=C/C[n+]1ccc(C)cc1. The minimum atomic E-state index is 0.915. The zero-order valence-electron chi connectivity index (χ0n) is 8.33. The van der Waals surface area contributed by atoms with Crippen molar-refractivity contribution in [3.63, 3.8) is 0 Å². The number of pyridine rings is 1. The van der Waals surface area contributed by atoms with Crippen molar-refractivity contribution >= 4 is 0 Å². The fraction of sp³-hybridized carbons (Fsp3) is 0.250. The van der Waals surface area contributed by atoms with Crippen LogP contribution in [0.5, 0.6) is 0 Å². The Kier molecular flexibility index (Phi) is 3.44. The van der Waals surface area contributed by atoms with Gasteiger partial charge in [0.15, 0.2) is 18.9 Å². The van der Waals surface area contributed by atoms with Gasteiger partial charge < -0.3 is 0 Å². The summed E-state index contributed by atoms with van der Waals surface area (Å²) in [6.07, 6.45) is 8.20. The van der Waals surface area contributed by atoms with Crippen LogP contribution in [0.25, 0.3) is 0 Å². The zero-order valence-corrected chi connectivity index (χ0v) is 8.33. The van der Waals surface area contributed by atoms with Gasteiger partial charge in [0.2, 0.25) is 0 Å². The fourth-order valence-corrected chi connectivity index (χ4v) is 0.986. The Bertz CT molecular complexity index is 306. The van der Waals surface area contributed by atoms with E-state index in [9.17, 15) is 0 Å². The van der Waals surface area contributed by atoms with Crippen molar-refractivity contribution in [2.24, 2.45) is 0 Å². The maximum atomic E-state index is 3.71. The van der Waals surface area contributed by atoms with Gasteiger partial charge in [-0.15, -0.1) is 0 Å². The molecule has 0 aromatic carbocycles. The minimum Gasteiger partial charge on any atom is -0.201 e. The van der Waals surface area contributed by atoms with Gasteiger partial charge in [0, 0.05) is 12.1 Å². The average Bonchev–Trinajstić information content (AvgIpc) is 2.16. The predicted molar refractivity (Wildman–Crippen MR) is 55.3 cm³/mol. The van der Waals surface area contributed by atoms with Crippen LogP contribution in [-0.2, 0) is 6.54 Å². The first-order valence-corrected chi connectivity index (χ1v) is 4.47. The summed E-state index contributed by atoms with van der Waals surface area (Å²) in [5.41, 5.74) is 2.51. The van der Waals surface area contributed by atoms with Crippen LogP contribution in [-0.4, -0.2) is 0 Å². The Morgan fingerprint density at radius 2 is 2.08 bits per heavy atom. The second kappa shape index (κ2) is 4.61. The summed E-state index contributed by atoms with van der Waals surface area (Å²) >= 11 is 0. The molecule has 0 aliphatic heterocycles. The summed E-state index contributed by atoms with van der Waals surface area (Å²) in [5, 5.41) is 0. The third kappa shape index (κ3) is 3.24. The zero-order chi connectivity index (χ0) is 9.68. The van der Waals surface area contributed by atoms with E-state index in [1.54, 1.807) is 0 Å². The minimum absolute atomic E-state index is 0.915. The molecule has 1 rings (SSSR count). The van der Waals surface area contributed by atoms with Crippen LogP contribution < -0.4 is 4.57 Å². The highest BCUT2D eigenvalue weighted by molar-refractivity contribution is 5.11. The van der Waals surface area contributed by atoms with E-state index >= 15 is 0 Å². The van der Waals surface area contributed by atoms with Crippen LogP contribution in [0.4, 0.5) is 0 Å². The van der Waals surface area contributed by atoms with Gasteiger partial charge in [-0.25, -0.2) is 4.57 Å². The number of rotatable bonds is 3. The molecule has 1 heteroatoms. The molecule has 0 bridgehead atoms. The highest BCUT2D eigenvalue weighted by Crippen LogP contribution is 1.93. The Balaban J connectivity index is 2.65. The largest absolute Gasteiger partial charge is 0.201 e. The third-order valence-electron chi connectivity index (χ3n) is 2.00. The van der Waals surface area contributed by atoms with Crippen molar-refractivity contribution in [1.29, 1.82) is 0 Å². The molecule has 0 spiro atoms. The van der Waals surface area contributed by atoms with E-state index in [0.717, 1.165) is 6.54 Å². The van der Waals surface area contributed by atoms with Gasteiger partial charge in [-0.2, -0.15) is 0 Å². The first-order valence-electron chi connectivity index (χ1n) is 4.47. The molecular formula is C12H16N+. The van der Waals surface area contributed by atoms with Crippen molar-refractivity contribution in [1.82, 2.24) is 0 Å². The molecule has 0 fully saturated rings. The summed E-state index contributed by atoms with van der Waals surface area (Å²) in [7, 11) is 0. The van der Waals surface area contributed by atoms with Gasteiger partial charge in [0.25, 0.3) is 0 Å². The summed E-state index contributed by atoms with van der Waals surface area (Å²) in [4.78, 5) is 0. The number of hydrogen-bond donors (Lipinski definition) is 0. The highest BCUT2D eigenvalue weighted by atomic mass is 14.9. The number of allylic oxidation sites excluding steroid dienone is 3. The molecule has 1 aromatic heterocycles. The van der Waals surface area contributed by atoms with Crippen LogP contribution in [0, 0.1) is 6.92 Å². The van der Waals surface area contributed by atoms with Gasteiger partial charge >= 0.3 is 0 Å². The van der Waals surface area contributed by atoms with E-state index in [1.807, 2.05) is 6.08 Å². The summed E-state index contributed by atoms with van der Waals surface area (Å²) in [6.45, 7) is 8.77. The maximum Gasteiger partial charge on any atom is 0.169 e. The van der Waals surface area contributed by atoms with Crippen LogP contribution in [0.2, 0.25) is 0 Å². The lowest BCUT2D eigenvalue weighted by Crippen LogP contribution is -2.31. The van der Waals surface area contributed by atoms with Crippen LogP contribution in [0.15, 0.2) is 48.8 Å². The van der Waals surface area contributed by atoms with Crippen molar-refractivity contribution < 1.29 is 4.57 Å². The Hall–Kier alpha value is -1.37. The molecule has 13 heavy (non-hydrogen) atoms. The van der Waals surface area contributed by atoms with E-state index in [-0.39, 0.29) is 0 Å². The fourth-order valence-electron chi connectivity index (χ4n) is 0.986. The third-order valence-corrected chi connectivity index (χ3v) is 2.00. The van der Waals surface area contributed by atoms with Crippen molar-refractivity contribution in [3.8, 4) is 0 Å². The topological polar surface area (TPSA) is 3.88 Å². The summed E-state index contributed by atoms with van der Waals surface area (Å²) in [5.74, 6) is 0. The molecule has 0 radical (unpaired) electrons. The van der Waals surface area contributed by atoms with Gasteiger partial charge in [0.05, 0.1) is 0 Å². The number of hydrogen-bond acceptors (Lipinski definition) is 0. The molecule has 1 nitrogen and oxygen atoms in total. The molecule has 68 valence electrons. The predicted octanol–water partition coefficient (Wildman–Crippen LogP) is 2.41. The van der Waals surface area contributed by atoms with E-state index in [0.29, 0.717) is 0 Å². The van der Waals surface area contributed by atoms with Crippen LogP contribution in [0.1, 0.15) is 12.5 Å². The number of aromatic nitrogens is 1. The highest BCUT2D eigenvalue weighted by Gasteiger charge is 1.94. The lowest BCUT2D eigenvalue weighted by atomic mass is 10.2. The standard InChI is InChI=1S/C12H16N/c1-4-11(2)5-8-13-9-6-12(3)7-10-13/h4-7,9-10H,1,8H2,2-3H3/q+1/b11-5+. The van der Waals surface area contributed by atoms with Crippen molar-refractivity contribution in [3.05, 3.63) is 54.4 Å². The summed E-state index contributed by atoms with van der Waals surface area (Å²) in [6, 6.07) is 4.22. The van der Waals surface area contributed by atoms with Crippen LogP contribution >= 0.6 is 0 Å². The molecule has 1 aromatic rings. The average molecular weight is 174 g/mol. The van der Waals surface area contributed by atoms with Crippen molar-refractivity contribution in [2.45, 2.75) is 20.4 Å². The first kappa shape index (κ1) is 9.72. The lowest BCUT2D eigenvalue weighted by Gasteiger charge is -1.93. The van der Waals surface area contributed by atoms with Gasteiger partial charge in [-0.3, -0.25) is 0 Å². The number of nitrogens with zero attached hydrogens (tertiary/aromatic N) is 1. The molecule has 0 aliphatic rings. The summed E-state index contributed by atoms with van der Waals surface area (Å²) < 4.78 is 2.14. The second-order valence-electron chi connectivity index (χ2n) is 3.22. The monoisotopic (exact) mass is 174 g/mol. The van der Waals surface area contributed by atoms with Gasteiger partial charge in [-0.05, 0) is 31.1 Å². The smallest absolute Gasteiger partial charge is 0.169 e. The van der Waals surface area contributed by atoms with Crippen molar-refractivity contribution in [2.75, 3.05) is 0 Å². The molecule has 0 N–H and O–H groups in total. The lowest BCUT2D eigenvalue weighted by molar-refractivity contribution is -0.687. The quantitative estimate of drug-likeness (QED) is 0.489. The van der Waals surface area contributed by atoms with Crippen LogP contribution in [0.3, 0.4) is 0 Å². The molecule has 1 heterocycles. The maximum absolute atomic E-state index is 3.71. The molecule has 0 saturated carbocycles. The Morgan fingerprint density at radius 3 is 2.62 bits per heavy atom. The molecule has 0 aliphatic carbocycles. The van der Waals surface area contributed by atoms with E-state index in [1.165, 1.54) is 11.1 Å². The van der Waals surface area contributed by atoms with E-state index < -0.39 is 0 Å².